The number of primary amides is 1. The average Bonchev–Trinajstić information content (AvgIpc) is 2.87. The molecule has 1 amide bonds. The minimum absolute atomic E-state index is 0. The molecule has 3 aliphatic carbocycles. The van der Waals surface area contributed by atoms with Crippen molar-refractivity contribution in [3.05, 3.63) is 12.7 Å². The normalized spacial score (nSPS) is 50.6. The van der Waals surface area contributed by atoms with Gasteiger partial charge in [-0.3, -0.25) is 4.79 Å². The van der Waals surface area contributed by atoms with Crippen LogP contribution in [0.1, 0.15) is 53.4 Å². The molecular formula is C21H33ClFNO4. The van der Waals surface area contributed by atoms with E-state index in [-0.39, 0.29) is 30.7 Å². The van der Waals surface area contributed by atoms with Gasteiger partial charge in [-0.1, -0.05) is 33.8 Å². The van der Waals surface area contributed by atoms with Crippen LogP contribution in [-0.4, -0.2) is 35.4 Å². The van der Waals surface area contributed by atoms with Crippen LogP contribution in [0, 0.1) is 34.0 Å². The van der Waals surface area contributed by atoms with Crippen LogP contribution in [0.4, 0.5) is 9.18 Å². The van der Waals surface area contributed by atoms with Gasteiger partial charge in [0.15, 0.2) is 12.0 Å². The fourth-order valence-electron chi connectivity index (χ4n) is 6.59. The highest BCUT2D eigenvalue weighted by Crippen LogP contribution is 2.68. The van der Waals surface area contributed by atoms with Gasteiger partial charge in [0.05, 0.1) is 6.10 Å². The number of aliphatic hydroxyl groups excluding tert-OH is 1. The SMILES string of the molecule is C=C[C@]1(C)C[C@@H](OC(N)=O)[C@]2(C)C(C)CC[C@]3(C[C@@H](F)C(=O)C32)[C@@H](C)[C@@H]1O.Cl. The first-order chi connectivity index (χ1) is 12.4. The van der Waals surface area contributed by atoms with Crippen molar-refractivity contribution in [3.8, 4) is 0 Å². The zero-order valence-corrected chi connectivity index (χ0v) is 17.9. The number of carbonyl (C=O) groups excluding carboxylic acids is 2. The van der Waals surface area contributed by atoms with Crippen molar-refractivity contribution in [3.63, 3.8) is 0 Å². The molecule has 3 fully saturated rings. The van der Waals surface area contributed by atoms with E-state index in [9.17, 15) is 19.1 Å². The van der Waals surface area contributed by atoms with Gasteiger partial charge in [0.25, 0.3) is 0 Å². The summed E-state index contributed by atoms with van der Waals surface area (Å²) in [5.41, 5.74) is 3.23. The summed E-state index contributed by atoms with van der Waals surface area (Å²) in [5.74, 6) is -1.25. The Morgan fingerprint density at radius 2 is 1.96 bits per heavy atom. The monoisotopic (exact) mass is 417 g/mol. The molecule has 0 aromatic rings. The van der Waals surface area contributed by atoms with E-state index in [2.05, 4.69) is 6.58 Å². The average molecular weight is 418 g/mol. The number of rotatable bonds is 2. The van der Waals surface area contributed by atoms with Gasteiger partial charge in [0.2, 0.25) is 0 Å². The first-order valence-corrected chi connectivity index (χ1v) is 9.89. The van der Waals surface area contributed by atoms with Crippen LogP contribution in [-0.2, 0) is 9.53 Å². The largest absolute Gasteiger partial charge is 0.446 e. The fourth-order valence-corrected chi connectivity index (χ4v) is 6.59. The zero-order valence-electron chi connectivity index (χ0n) is 17.1. The standard InChI is InChI=1S/C21H32FNO4.ClH/c1-6-19(4)10-14(27-18(23)26)20(5)11(2)7-8-21(12(3)17(19)25)9-13(22)15(24)16(20)21;/h6,11-14,16-17,25H,1,7-10H2,2-5H3,(H2,23,26);1H/t11?,12-,13+,14+,16?,17-,19+,20-,21-;/m0./s1. The van der Waals surface area contributed by atoms with Crippen molar-refractivity contribution in [2.24, 2.45) is 39.7 Å². The number of alkyl halides is 1. The minimum Gasteiger partial charge on any atom is -0.446 e. The van der Waals surface area contributed by atoms with E-state index < -0.39 is 52.4 Å². The summed E-state index contributed by atoms with van der Waals surface area (Å²) in [7, 11) is 0. The molecule has 0 spiro atoms. The van der Waals surface area contributed by atoms with Crippen LogP contribution in [0.2, 0.25) is 0 Å². The zero-order chi connectivity index (χ0) is 20.4. The highest BCUT2D eigenvalue weighted by molar-refractivity contribution is 5.90. The molecular weight excluding hydrogens is 385 g/mol. The van der Waals surface area contributed by atoms with Gasteiger partial charge in [-0.05, 0) is 42.9 Å². The highest BCUT2D eigenvalue weighted by atomic mass is 35.5. The molecule has 0 aliphatic heterocycles. The van der Waals surface area contributed by atoms with Crippen LogP contribution in [0.15, 0.2) is 12.7 Å². The van der Waals surface area contributed by atoms with Crippen molar-refractivity contribution in [2.45, 2.75) is 71.8 Å². The van der Waals surface area contributed by atoms with Crippen molar-refractivity contribution in [1.82, 2.24) is 0 Å². The molecule has 0 aromatic carbocycles. The molecule has 2 unspecified atom stereocenters. The topological polar surface area (TPSA) is 89.6 Å². The van der Waals surface area contributed by atoms with Gasteiger partial charge in [-0.15, -0.1) is 19.0 Å². The molecule has 3 rings (SSSR count). The number of hydrogen-bond donors (Lipinski definition) is 2. The molecule has 5 nitrogen and oxygen atoms in total. The first kappa shape index (κ1) is 23.1. The van der Waals surface area contributed by atoms with E-state index in [0.717, 1.165) is 6.42 Å². The number of ketones is 1. The van der Waals surface area contributed by atoms with Crippen LogP contribution in [0.3, 0.4) is 0 Å². The third kappa shape index (κ3) is 2.90. The third-order valence-corrected chi connectivity index (χ3v) is 8.55. The van der Waals surface area contributed by atoms with E-state index in [0.29, 0.717) is 12.8 Å². The second-order valence-electron chi connectivity index (χ2n) is 9.62. The van der Waals surface area contributed by atoms with Crippen LogP contribution in [0.5, 0.6) is 0 Å². The van der Waals surface area contributed by atoms with E-state index in [4.69, 9.17) is 10.5 Å². The van der Waals surface area contributed by atoms with Gasteiger partial charge in [-0.2, -0.15) is 0 Å². The van der Waals surface area contributed by atoms with Gasteiger partial charge in [-0.25, -0.2) is 9.18 Å². The summed E-state index contributed by atoms with van der Waals surface area (Å²) in [6, 6.07) is 0. The maximum absolute atomic E-state index is 14.8. The number of amides is 1. The third-order valence-electron chi connectivity index (χ3n) is 8.55. The molecule has 0 heterocycles. The van der Waals surface area contributed by atoms with Crippen molar-refractivity contribution >= 4 is 24.3 Å². The lowest BCUT2D eigenvalue weighted by Gasteiger charge is -2.61. The summed E-state index contributed by atoms with van der Waals surface area (Å²) < 4.78 is 20.4. The number of aliphatic hydroxyl groups is 1. The van der Waals surface area contributed by atoms with Crippen LogP contribution >= 0.6 is 12.4 Å². The Kier molecular flexibility index (Phi) is 6.02. The van der Waals surface area contributed by atoms with Gasteiger partial charge in [0, 0.05) is 16.7 Å². The lowest BCUT2D eigenvalue weighted by atomic mass is 9.44. The van der Waals surface area contributed by atoms with Crippen molar-refractivity contribution in [2.75, 3.05) is 0 Å². The number of halogens is 2. The molecule has 0 saturated heterocycles. The lowest BCUT2D eigenvalue weighted by molar-refractivity contribution is -0.191. The molecule has 3 aliphatic rings. The Balaban J connectivity index is 0.00000280. The fraction of sp³-hybridized carbons (Fsp3) is 0.810. The molecule has 0 radical (unpaired) electrons. The quantitative estimate of drug-likeness (QED) is 0.668. The summed E-state index contributed by atoms with van der Waals surface area (Å²) in [4.78, 5) is 24.7. The summed E-state index contributed by atoms with van der Waals surface area (Å²) >= 11 is 0. The summed E-state index contributed by atoms with van der Waals surface area (Å²) in [6.45, 7) is 11.7. The number of carbonyl (C=O) groups is 2. The van der Waals surface area contributed by atoms with E-state index in [1.54, 1.807) is 6.08 Å². The predicted octanol–water partition coefficient (Wildman–Crippen LogP) is 3.81. The molecule has 3 N–H and O–H groups in total. The predicted molar refractivity (Wildman–Crippen MR) is 107 cm³/mol. The molecule has 2 bridgehead atoms. The molecule has 7 heteroatoms. The number of Topliss-reactive ketones (excluding diaryl/α,β-unsaturated/α-hetero) is 1. The number of hydrogen-bond acceptors (Lipinski definition) is 4. The Bertz CT molecular complexity index is 675. The molecule has 0 aromatic heterocycles. The first-order valence-electron chi connectivity index (χ1n) is 9.89. The van der Waals surface area contributed by atoms with Crippen LogP contribution in [0.25, 0.3) is 0 Å². The van der Waals surface area contributed by atoms with Gasteiger partial charge in [0.1, 0.15) is 6.10 Å². The number of nitrogens with two attached hydrogens (primary N) is 1. The lowest BCUT2D eigenvalue weighted by Crippen LogP contribution is -2.63. The Labute approximate surface area is 172 Å². The van der Waals surface area contributed by atoms with E-state index in [1.807, 2.05) is 27.7 Å². The summed E-state index contributed by atoms with van der Waals surface area (Å²) in [5, 5.41) is 11.3. The Morgan fingerprint density at radius 3 is 2.50 bits per heavy atom. The summed E-state index contributed by atoms with van der Waals surface area (Å²) in [6.07, 6.45) is -0.422. The molecule has 9 atom stereocenters. The molecule has 3 saturated carbocycles. The van der Waals surface area contributed by atoms with Gasteiger partial charge >= 0.3 is 6.09 Å². The molecule has 28 heavy (non-hydrogen) atoms. The van der Waals surface area contributed by atoms with E-state index in [1.165, 1.54) is 0 Å². The molecule has 160 valence electrons. The maximum atomic E-state index is 14.8. The number of ether oxygens (including phenoxy) is 1. The highest BCUT2D eigenvalue weighted by Gasteiger charge is 2.70. The second kappa shape index (κ2) is 7.28. The minimum atomic E-state index is -1.54. The van der Waals surface area contributed by atoms with Gasteiger partial charge < -0.3 is 15.6 Å². The maximum Gasteiger partial charge on any atom is 0.404 e. The van der Waals surface area contributed by atoms with Crippen molar-refractivity contribution in [1.29, 1.82) is 0 Å². The smallest absolute Gasteiger partial charge is 0.404 e. The van der Waals surface area contributed by atoms with E-state index >= 15 is 0 Å². The Morgan fingerprint density at radius 1 is 1.36 bits per heavy atom. The second-order valence-corrected chi connectivity index (χ2v) is 9.62. The van der Waals surface area contributed by atoms with Crippen LogP contribution < -0.4 is 5.73 Å². The Hall–Kier alpha value is -1.14. The van der Waals surface area contributed by atoms with Crippen molar-refractivity contribution < 1.29 is 23.8 Å².